The minimum atomic E-state index is -2.76. The van der Waals surface area contributed by atoms with Crippen LogP contribution in [0.25, 0.3) is 0 Å². The molecule has 0 amide bonds. The molecular weight excluding hydrogens is 252 g/mol. The van der Waals surface area contributed by atoms with Gasteiger partial charge in [-0.05, 0) is 18.8 Å². The number of sulfone groups is 1. The fourth-order valence-corrected chi connectivity index (χ4v) is 2.09. The van der Waals surface area contributed by atoms with Gasteiger partial charge in [0.05, 0.1) is 0 Å². The van der Waals surface area contributed by atoms with Crippen LogP contribution in [0.4, 0.5) is 0 Å². The molecule has 0 aliphatic heterocycles. The van der Waals surface area contributed by atoms with Gasteiger partial charge in [0, 0.05) is 16.8 Å². The van der Waals surface area contributed by atoms with Crippen LogP contribution in [-0.4, -0.2) is 25.3 Å². The molecule has 0 aliphatic carbocycles. The monoisotopic (exact) mass is 270 g/mol. The van der Waals surface area contributed by atoms with Gasteiger partial charge < -0.3 is 0 Å². The lowest BCUT2D eigenvalue weighted by molar-refractivity contribution is 0.554. The van der Waals surface area contributed by atoms with E-state index < -0.39 is 9.84 Å². The number of hydrogen-bond donors (Lipinski definition) is 0. The fraction of sp³-hybridized carbons (Fsp3) is 1.00. The van der Waals surface area contributed by atoms with Crippen LogP contribution in [0.1, 0.15) is 33.1 Å². The Hall–Kier alpha value is 0.430. The van der Waals surface area contributed by atoms with Crippen LogP contribution in [0.3, 0.4) is 0 Å². The van der Waals surface area contributed by atoms with E-state index in [9.17, 15) is 8.42 Å². The average Bonchev–Trinajstić information content (AvgIpc) is 1.95. The molecule has 0 rings (SSSR count). The molecule has 80 valence electrons. The molecule has 0 heterocycles. The van der Waals surface area contributed by atoms with Gasteiger partial charge in [0.2, 0.25) is 0 Å². The molecule has 0 aliphatic rings. The molecular formula is C9H19BrO2S. The predicted octanol–water partition coefficient (Wildman–Crippen LogP) is 2.62. The zero-order valence-corrected chi connectivity index (χ0v) is 11.0. The Balaban J connectivity index is 3.47. The molecule has 0 bridgehead atoms. The van der Waals surface area contributed by atoms with Crippen LogP contribution < -0.4 is 0 Å². The van der Waals surface area contributed by atoms with Gasteiger partial charge in [-0.3, -0.25) is 0 Å². The van der Waals surface area contributed by atoms with Crippen molar-refractivity contribution >= 4 is 25.8 Å². The first-order valence-electron chi connectivity index (χ1n) is 4.64. The van der Waals surface area contributed by atoms with Crippen molar-refractivity contribution in [3.63, 3.8) is 0 Å². The first kappa shape index (κ1) is 13.4. The summed E-state index contributed by atoms with van der Waals surface area (Å²) in [5.41, 5.74) is 0. The minimum Gasteiger partial charge on any atom is -0.229 e. The highest BCUT2D eigenvalue weighted by atomic mass is 79.9. The SMILES string of the molecule is CC(C)C(Br)CCCCS(C)(=O)=O. The van der Waals surface area contributed by atoms with Crippen LogP contribution in [0.5, 0.6) is 0 Å². The van der Waals surface area contributed by atoms with Gasteiger partial charge in [0.1, 0.15) is 9.84 Å². The largest absolute Gasteiger partial charge is 0.229 e. The Bertz CT molecular complexity index is 222. The number of rotatable bonds is 6. The highest BCUT2D eigenvalue weighted by molar-refractivity contribution is 9.09. The average molecular weight is 271 g/mol. The molecule has 0 aromatic carbocycles. The smallest absolute Gasteiger partial charge is 0.147 e. The van der Waals surface area contributed by atoms with Gasteiger partial charge in [-0.1, -0.05) is 36.2 Å². The summed E-state index contributed by atoms with van der Waals surface area (Å²) in [6, 6.07) is 0. The molecule has 4 heteroatoms. The Morgan fingerprint density at radius 2 is 1.77 bits per heavy atom. The van der Waals surface area contributed by atoms with Gasteiger partial charge in [-0.2, -0.15) is 0 Å². The van der Waals surface area contributed by atoms with Crippen molar-refractivity contribution in [2.45, 2.75) is 37.9 Å². The third-order valence-corrected chi connectivity index (χ3v) is 4.51. The second kappa shape index (κ2) is 6.02. The minimum absolute atomic E-state index is 0.324. The first-order chi connectivity index (χ1) is 5.83. The zero-order chi connectivity index (χ0) is 10.5. The molecule has 0 fully saturated rings. The summed E-state index contributed by atoms with van der Waals surface area (Å²) in [6.45, 7) is 4.33. The lowest BCUT2D eigenvalue weighted by Gasteiger charge is -2.12. The Labute approximate surface area is 90.2 Å². The van der Waals surface area contributed by atoms with Gasteiger partial charge in [-0.15, -0.1) is 0 Å². The zero-order valence-electron chi connectivity index (χ0n) is 8.59. The predicted molar refractivity (Wildman–Crippen MR) is 61.1 cm³/mol. The van der Waals surface area contributed by atoms with Crippen LogP contribution in [0.15, 0.2) is 0 Å². The van der Waals surface area contributed by atoms with Gasteiger partial charge >= 0.3 is 0 Å². The van der Waals surface area contributed by atoms with Crippen molar-refractivity contribution in [3.8, 4) is 0 Å². The van der Waals surface area contributed by atoms with Crippen molar-refractivity contribution in [1.82, 2.24) is 0 Å². The van der Waals surface area contributed by atoms with Crippen LogP contribution in [0.2, 0.25) is 0 Å². The maximum Gasteiger partial charge on any atom is 0.147 e. The standard InChI is InChI=1S/C9H19BrO2S/c1-8(2)9(10)6-4-5-7-13(3,11)12/h8-9H,4-7H2,1-3H3. The summed E-state index contributed by atoms with van der Waals surface area (Å²) in [6.07, 6.45) is 4.13. The lowest BCUT2D eigenvalue weighted by Crippen LogP contribution is -2.08. The highest BCUT2D eigenvalue weighted by Crippen LogP contribution is 2.18. The molecule has 0 saturated carbocycles. The molecule has 0 spiro atoms. The topological polar surface area (TPSA) is 34.1 Å². The van der Waals surface area contributed by atoms with Crippen molar-refractivity contribution in [3.05, 3.63) is 0 Å². The molecule has 2 nitrogen and oxygen atoms in total. The second-order valence-electron chi connectivity index (χ2n) is 3.89. The number of unbranched alkanes of at least 4 members (excludes halogenated alkanes) is 1. The Kier molecular flexibility index (Phi) is 6.21. The van der Waals surface area contributed by atoms with Crippen molar-refractivity contribution in [2.75, 3.05) is 12.0 Å². The molecule has 0 N–H and O–H groups in total. The van der Waals surface area contributed by atoms with E-state index >= 15 is 0 Å². The summed E-state index contributed by atoms with van der Waals surface area (Å²) in [5.74, 6) is 0.948. The van der Waals surface area contributed by atoms with E-state index in [1.54, 1.807) is 0 Å². The normalized spacial score (nSPS) is 14.8. The summed E-state index contributed by atoms with van der Waals surface area (Å²) in [4.78, 5) is 0.520. The molecule has 13 heavy (non-hydrogen) atoms. The maximum absolute atomic E-state index is 10.8. The summed E-state index contributed by atoms with van der Waals surface area (Å²) in [7, 11) is -2.76. The number of hydrogen-bond acceptors (Lipinski definition) is 2. The fourth-order valence-electron chi connectivity index (χ4n) is 1.04. The molecule has 0 radical (unpaired) electrons. The number of alkyl halides is 1. The Morgan fingerprint density at radius 1 is 1.23 bits per heavy atom. The van der Waals surface area contributed by atoms with Crippen molar-refractivity contribution < 1.29 is 8.42 Å². The third kappa shape index (κ3) is 8.75. The van der Waals surface area contributed by atoms with Crippen molar-refractivity contribution in [2.24, 2.45) is 5.92 Å². The van der Waals surface area contributed by atoms with Crippen LogP contribution in [-0.2, 0) is 9.84 Å². The van der Waals surface area contributed by atoms with E-state index in [4.69, 9.17) is 0 Å². The number of halogens is 1. The van der Waals surface area contributed by atoms with Crippen LogP contribution >= 0.6 is 15.9 Å². The first-order valence-corrected chi connectivity index (χ1v) is 7.62. The third-order valence-electron chi connectivity index (χ3n) is 1.97. The van der Waals surface area contributed by atoms with Gasteiger partial charge in [0.25, 0.3) is 0 Å². The second-order valence-corrected chi connectivity index (χ2v) is 7.32. The maximum atomic E-state index is 10.8. The summed E-state index contributed by atoms with van der Waals surface area (Å²) >= 11 is 3.57. The molecule has 1 atom stereocenters. The Morgan fingerprint density at radius 3 is 2.15 bits per heavy atom. The van der Waals surface area contributed by atoms with E-state index in [0.29, 0.717) is 16.5 Å². The van der Waals surface area contributed by atoms with E-state index in [0.717, 1.165) is 19.3 Å². The lowest BCUT2D eigenvalue weighted by atomic mass is 10.1. The van der Waals surface area contributed by atoms with E-state index in [-0.39, 0.29) is 0 Å². The molecule has 0 saturated heterocycles. The quantitative estimate of drug-likeness (QED) is 0.549. The molecule has 0 aromatic heterocycles. The highest BCUT2D eigenvalue weighted by Gasteiger charge is 2.09. The van der Waals surface area contributed by atoms with E-state index in [1.807, 2.05) is 0 Å². The summed E-state index contributed by atoms with van der Waals surface area (Å²) in [5, 5.41) is 0. The molecule has 1 unspecified atom stereocenters. The van der Waals surface area contributed by atoms with Crippen molar-refractivity contribution in [1.29, 1.82) is 0 Å². The van der Waals surface area contributed by atoms with Gasteiger partial charge in [-0.25, -0.2) is 8.42 Å². The van der Waals surface area contributed by atoms with Gasteiger partial charge in [0.15, 0.2) is 0 Å². The van der Waals surface area contributed by atoms with E-state index in [1.165, 1.54) is 6.26 Å². The van der Waals surface area contributed by atoms with E-state index in [2.05, 4.69) is 29.8 Å². The summed E-state index contributed by atoms with van der Waals surface area (Å²) < 4.78 is 21.6. The molecule has 0 aromatic rings. The van der Waals surface area contributed by atoms with Crippen LogP contribution in [0, 0.1) is 5.92 Å².